The van der Waals surface area contributed by atoms with Gasteiger partial charge in [0.15, 0.2) is 11.3 Å². The van der Waals surface area contributed by atoms with E-state index in [1.807, 2.05) is 60.7 Å². The Morgan fingerprint density at radius 2 is 1.39 bits per heavy atom. The number of nitrogens with zero attached hydrogens (tertiary/aromatic N) is 1. The van der Waals surface area contributed by atoms with Crippen molar-refractivity contribution in [3.8, 4) is 0 Å². The van der Waals surface area contributed by atoms with E-state index in [0.29, 0.717) is 16.8 Å². The Kier molecular flexibility index (Phi) is 8.30. The van der Waals surface area contributed by atoms with Crippen molar-refractivity contribution in [1.82, 2.24) is 4.72 Å². The Hall–Kier alpha value is -3.14. The lowest BCUT2D eigenvalue weighted by Gasteiger charge is -2.38. The van der Waals surface area contributed by atoms with Gasteiger partial charge in [-0.25, -0.2) is 13.2 Å². The molecule has 38 heavy (non-hydrogen) atoms. The number of sulfonamides is 1. The number of rotatable bonds is 10. The van der Waals surface area contributed by atoms with Gasteiger partial charge in [0.1, 0.15) is 0 Å². The van der Waals surface area contributed by atoms with E-state index in [1.165, 1.54) is 18.2 Å². The predicted octanol–water partition coefficient (Wildman–Crippen LogP) is 4.48. The number of hydrogen-bond acceptors (Lipinski definition) is 8. The number of esters is 1. The van der Waals surface area contributed by atoms with E-state index in [0.717, 1.165) is 7.11 Å². The number of fused-ring (bicyclic) bond motifs is 1. The van der Waals surface area contributed by atoms with Crippen molar-refractivity contribution in [2.24, 2.45) is 4.99 Å². The highest BCUT2D eigenvalue weighted by Gasteiger charge is 2.67. The summed E-state index contributed by atoms with van der Waals surface area (Å²) in [6.07, 6.45) is 0. The van der Waals surface area contributed by atoms with E-state index in [9.17, 15) is 17.8 Å². The number of aliphatic imine (C=N–C) groups is 1. The third kappa shape index (κ3) is 4.86. The van der Waals surface area contributed by atoms with Gasteiger partial charge in [-0.1, -0.05) is 78.9 Å². The van der Waals surface area contributed by atoms with Crippen molar-refractivity contribution in [2.75, 3.05) is 20.3 Å². The van der Waals surface area contributed by atoms with E-state index in [2.05, 4.69) is 4.72 Å². The zero-order chi connectivity index (χ0) is 27.4. The van der Waals surface area contributed by atoms with Gasteiger partial charge in [0.25, 0.3) is 0 Å². The molecule has 11 heteroatoms. The first kappa shape index (κ1) is 27.9. The maximum absolute atomic E-state index is 14.7. The topological polar surface area (TPSA) is 120 Å². The summed E-state index contributed by atoms with van der Waals surface area (Å²) in [6.45, 7) is 3.05. The molecule has 0 unspecified atom stereocenters. The van der Waals surface area contributed by atoms with Gasteiger partial charge in [0.05, 0.1) is 30.9 Å². The summed E-state index contributed by atoms with van der Waals surface area (Å²) in [5, 5.41) is -2.24. The Bertz CT molecular complexity index is 1430. The first-order valence-corrected chi connectivity index (χ1v) is 15.1. The largest absolute Gasteiger partial charge is 0.467 e. The van der Waals surface area contributed by atoms with Crippen LogP contribution in [0.5, 0.6) is 0 Å². The lowest BCUT2D eigenvalue weighted by atomic mass is 9.97. The molecule has 1 heterocycles. The van der Waals surface area contributed by atoms with Crippen molar-refractivity contribution in [1.29, 1.82) is 0 Å². The minimum Gasteiger partial charge on any atom is -0.467 e. The maximum Gasteiger partial charge on any atom is 0.358 e. The molecule has 0 saturated carbocycles. The van der Waals surface area contributed by atoms with Crippen LogP contribution in [0.2, 0.25) is 0 Å². The molecular weight excluding hydrogens is 527 g/mol. The van der Waals surface area contributed by atoms with E-state index < -0.39 is 34.9 Å². The van der Waals surface area contributed by atoms with Gasteiger partial charge >= 0.3 is 13.6 Å². The van der Waals surface area contributed by atoms with Crippen LogP contribution in [0.15, 0.2) is 94.8 Å². The van der Waals surface area contributed by atoms with Crippen molar-refractivity contribution in [2.45, 2.75) is 30.1 Å². The molecule has 0 radical (unpaired) electrons. The van der Waals surface area contributed by atoms with Crippen LogP contribution >= 0.6 is 7.60 Å². The Labute approximate surface area is 222 Å². The van der Waals surface area contributed by atoms with Crippen LogP contribution in [0.25, 0.3) is 0 Å². The zero-order valence-corrected chi connectivity index (χ0v) is 22.9. The Balaban J connectivity index is 2.12. The molecule has 0 aromatic heterocycles. The van der Waals surface area contributed by atoms with Crippen LogP contribution in [-0.2, 0) is 38.4 Å². The van der Waals surface area contributed by atoms with Gasteiger partial charge in [-0.3, -0.25) is 9.56 Å². The molecule has 1 aliphatic heterocycles. The van der Waals surface area contributed by atoms with Crippen LogP contribution in [-0.4, -0.2) is 46.5 Å². The minimum atomic E-state index is -4.47. The maximum atomic E-state index is 14.7. The third-order valence-corrected chi connectivity index (χ3v) is 10.4. The number of ether oxygens (including phenoxy) is 1. The molecule has 4 rings (SSSR count). The highest BCUT2D eigenvalue weighted by Crippen LogP contribution is 2.68. The zero-order valence-electron chi connectivity index (χ0n) is 21.2. The van der Waals surface area contributed by atoms with Crippen molar-refractivity contribution in [3.63, 3.8) is 0 Å². The lowest BCUT2D eigenvalue weighted by molar-refractivity contribution is -0.143. The summed E-state index contributed by atoms with van der Waals surface area (Å²) in [5.41, 5.74) is 1.72. The fraction of sp³-hybridized carbons (Fsp3) is 0.259. The lowest BCUT2D eigenvalue weighted by Crippen LogP contribution is -2.53. The van der Waals surface area contributed by atoms with E-state index >= 15 is 0 Å². The van der Waals surface area contributed by atoms with Gasteiger partial charge < -0.3 is 13.8 Å². The van der Waals surface area contributed by atoms with Gasteiger partial charge in [-0.05, 0) is 19.9 Å². The Morgan fingerprint density at radius 3 is 1.89 bits per heavy atom. The van der Waals surface area contributed by atoms with E-state index in [-0.39, 0.29) is 23.7 Å². The molecular formula is C27H29N2O7PS. The molecule has 1 N–H and O–H groups in total. The first-order valence-electron chi connectivity index (χ1n) is 12.0. The fourth-order valence-electron chi connectivity index (χ4n) is 4.53. The molecule has 1 aliphatic rings. The van der Waals surface area contributed by atoms with Crippen LogP contribution in [0.4, 0.5) is 0 Å². The first-order chi connectivity index (χ1) is 18.2. The summed E-state index contributed by atoms with van der Waals surface area (Å²) in [6, 6.07) is 22.5. The van der Waals surface area contributed by atoms with Gasteiger partial charge in [0.2, 0.25) is 10.0 Å². The van der Waals surface area contributed by atoms with E-state index in [1.54, 1.807) is 19.9 Å². The van der Waals surface area contributed by atoms with Crippen LogP contribution in [0.3, 0.4) is 0 Å². The molecule has 0 spiro atoms. The highest BCUT2D eigenvalue weighted by molar-refractivity contribution is 7.90. The Morgan fingerprint density at radius 1 is 0.895 bits per heavy atom. The van der Waals surface area contributed by atoms with Crippen molar-refractivity contribution in [3.05, 3.63) is 102 Å². The summed E-state index contributed by atoms with van der Waals surface area (Å²) in [5.74, 6) is -0.923. The van der Waals surface area contributed by atoms with Crippen LogP contribution in [0.1, 0.15) is 30.5 Å². The van der Waals surface area contributed by atoms with E-state index in [4.69, 9.17) is 18.8 Å². The molecule has 0 bridgehead atoms. The predicted molar refractivity (Wildman–Crippen MR) is 144 cm³/mol. The number of methoxy groups -OCH3 is 1. The summed E-state index contributed by atoms with van der Waals surface area (Å²) in [7, 11) is -7.56. The van der Waals surface area contributed by atoms with Gasteiger partial charge in [-0.2, -0.15) is 4.72 Å². The normalized spacial score (nSPS) is 18.8. The molecule has 9 nitrogen and oxygen atoms in total. The SMILES string of the molecule is CCOP(=O)(OCC)[C@]1([C@H](N=C(c2ccccc2)c2ccccc2)C(=O)OC)NS(=O)(=O)c2ccccc21. The number of nitrogens with one attached hydrogen (secondary N) is 1. The minimum absolute atomic E-state index is 0.0462. The van der Waals surface area contributed by atoms with Crippen LogP contribution in [0, 0.1) is 0 Å². The molecule has 200 valence electrons. The summed E-state index contributed by atoms with van der Waals surface area (Å²) in [4.78, 5) is 18.3. The molecule has 3 aromatic rings. The number of carbonyl (C=O) groups is 1. The highest BCUT2D eigenvalue weighted by atomic mass is 32.2. The number of carbonyl (C=O) groups excluding carboxylic acids is 1. The molecule has 2 atom stereocenters. The third-order valence-electron chi connectivity index (χ3n) is 6.08. The second-order valence-corrected chi connectivity index (χ2v) is 12.2. The second kappa shape index (κ2) is 11.3. The smallest absolute Gasteiger partial charge is 0.358 e. The molecule has 3 aromatic carbocycles. The van der Waals surface area contributed by atoms with Gasteiger partial charge in [-0.15, -0.1) is 0 Å². The average molecular weight is 557 g/mol. The molecule has 0 aliphatic carbocycles. The standard InChI is InChI=1S/C27H29N2O7PS/c1-4-35-37(31,36-5-2)27(22-18-12-13-19-23(22)38(32,33)29-27)25(26(30)34-3)28-24(20-14-8-6-9-15-20)21-16-10-7-11-17-21/h6-19,25,29H,4-5H2,1-3H3/t25-,27-/m1/s1. The van der Waals surface area contributed by atoms with Gasteiger partial charge in [0, 0.05) is 16.7 Å². The molecule has 0 amide bonds. The monoisotopic (exact) mass is 556 g/mol. The fourth-order valence-corrected chi connectivity index (χ4v) is 9.05. The van der Waals surface area contributed by atoms with Crippen molar-refractivity contribution >= 4 is 29.3 Å². The van der Waals surface area contributed by atoms with Crippen LogP contribution < -0.4 is 4.72 Å². The van der Waals surface area contributed by atoms with Crippen molar-refractivity contribution < 1.29 is 31.6 Å². The number of hydrogen-bond donors (Lipinski definition) is 1. The average Bonchev–Trinajstić information content (AvgIpc) is 3.18. The summed E-state index contributed by atoms with van der Waals surface area (Å²) < 4.78 is 60.5. The molecule has 0 saturated heterocycles. The molecule has 0 fully saturated rings. The number of benzene rings is 3. The quantitative estimate of drug-likeness (QED) is 0.222. The summed E-state index contributed by atoms with van der Waals surface area (Å²) >= 11 is 0. The second-order valence-electron chi connectivity index (χ2n) is 8.34.